The number of piperidine rings is 1. The van der Waals surface area contributed by atoms with Crippen molar-refractivity contribution in [1.29, 1.82) is 0 Å². The Labute approximate surface area is 141 Å². The Bertz CT molecular complexity index is 504. The molecule has 23 heavy (non-hydrogen) atoms. The van der Waals surface area contributed by atoms with E-state index in [1.54, 1.807) is 5.51 Å². The zero-order chi connectivity index (χ0) is 16.2. The molecule has 0 aliphatic carbocycles. The Balaban J connectivity index is 1.71. The number of carbonyl (C=O) groups excluding carboxylic acids is 1. The first-order valence-electron chi connectivity index (χ1n) is 8.34. The Kier molecular flexibility index (Phi) is 5.45. The molecule has 2 aliphatic rings. The quantitative estimate of drug-likeness (QED) is 0.898. The van der Waals surface area contributed by atoms with Crippen LogP contribution in [-0.2, 0) is 0 Å². The van der Waals surface area contributed by atoms with Gasteiger partial charge in [0.05, 0.1) is 6.04 Å². The van der Waals surface area contributed by atoms with E-state index >= 15 is 0 Å². The van der Waals surface area contributed by atoms with Crippen LogP contribution in [-0.4, -0.2) is 70.9 Å². The molecular weight excluding hydrogens is 314 g/mol. The molecule has 1 aromatic rings. The van der Waals surface area contributed by atoms with Crippen LogP contribution in [0.1, 0.15) is 26.7 Å². The average molecular weight is 339 g/mol. The predicted molar refractivity (Wildman–Crippen MR) is 88.7 cm³/mol. The van der Waals surface area contributed by atoms with Gasteiger partial charge in [-0.25, -0.2) is 4.79 Å². The van der Waals surface area contributed by atoms with E-state index in [1.807, 2.05) is 4.90 Å². The lowest BCUT2D eigenvalue weighted by atomic mass is 9.87. The fourth-order valence-electron chi connectivity index (χ4n) is 3.50. The van der Waals surface area contributed by atoms with E-state index in [4.69, 9.17) is 4.74 Å². The molecule has 0 aromatic carbocycles. The minimum atomic E-state index is -0.284. The molecule has 3 heterocycles. The lowest BCUT2D eigenvalue weighted by molar-refractivity contribution is 0.0272. The molecule has 2 fully saturated rings. The molecule has 2 aliphatic heterocycles. The van der Waals surface area contributed by atoms with Gasteiger partial charge in [0, 0.05) is 25.7 Å². The van der Waals surface area contributed by atoms with Gasteiger partial charge in [0.15, 0.2) is 0 Å². The highest BCUT2D eigenvalue weighted by molar-refractivity contribution is 7.11. The lowest BCUT2D eigenvalue weighted by Crippen LogP contribution is -2.60. The van der Waals surface area contributed by atoms with E-state index in [1.165, 1.54) is 11.3 Å². The maximum absolute atomic E-state index is 12.6. The second kappa shape index (κ2) is 7.55. The van der Waals surface area contributed by atoms with Gasteiger partial charge < -0.3 is 15.0 Å². The van der Waals surface area contributed by atoms with Gasteiger partial charge in [-0.1, -0.05) is 16.4 Å². The number of nitrogens with one attached hydrogen (secondary N) is 1. The summed E-state index contributed by atoms with van der Waals surface area (Å²) < 4.78 is 5.41. The molecule has 0 saturated carbocycles. The van der Waals surface area contributed by atoms with Crippen molar-refractivity contribution in [3.63, 3.8) is 0 Å². The number of carbonyl (C=O) groups is 1. The van der Waals surface area contributed by atoms with E-state index in [9.17, 15) is 4.79 Å². The third kappa shape index (κ3) is 3.99. The van der Waals surface area contributed by atoms with E-state index in [0.29, 0.717) is 23.7 Å². The van der Waals surface area contributed by atoms with Crippen molar-refractivity contribution in [3.05, 3.63) is 5.51 Å². The van der Waals surface area contributed by atoms with Crippen molar-refractivity contribution in [2.24, 2.45) is 5.92 Å². The molecule has 2 saturated heterocycles. The first-order valence-corrected chi connectivity index (χ1v) is 9.22. The highest BCUT2D eigenvalue weighted by Crippen LogP contribution is 2.26. The molecule has 128 valence electrons. The minimum absolute atomic E-state index is 0.216. The standard InChI is InChI=1S/C15H25N5O2S/c1-11(2)19-7-8-20(15(21)22-14-18-17-10-23-14)13(9-19)12-3-5-16-6-4-12/h10-13,16H,3-9H2,1-2H3. The Morgan fingerprint density at radius 2 is 2.17 bits per heavy atom. The summed E-state index contributed by atoms with van der Waals surface area (Å²) in [5.74, 6) is 0.528. The van der Waals surface area contributed by atoms with Crippen molar-refractivity contribution in [2.45, 2.75) is 38.8 Å². The first-order chi connectivity index (χ1) is 11.1. The van der Waals surface area contributed by atoms with Crippen LogP contribution in [0.2, 0.25) is 0 Å². The highest BCUT2D eigenvalue weighted by Gasteiger charge is 2.38. The van der Waals surface area contributed by atoms with E-state index < -0.39 is 0 Å². The molecule has 0 radical (unpaired) electrons. The minimum Gasteiger partial charge on any atom is -0.380 e. The fraction of sp³-hybridized carbons (Fsp3) is 0.800. The van der Waals surface area contributed by atoms with Gasteiger partial charge in [-0.15, -0.1) is 5.10 Å². The molecule has 3 rings (SSSR count). The summed E-state index contributed by atoms with van der Waals surface area (Å²) in [5, 5.41) is 11.3. The number of hydrogen-bond acceptors (Lipinski definition) is 7. The van der Waals surface area contributed by atoms with Gasteiger partial charge in [0.2, 0.25) is 0 Å². The number of hydrogen-bond donors (Lipinski definition) is 1. The van der Waals surface area contributed by atoms with Gasteiger partial charge in [0.25, 0.3) is 0 Å². The summed E-state index contributed by atoms with van der Waals surface area (Å²) in [4.78, 5) is 17.0. The van der Waals surface area contributed by atoms with Crippen LogP contribution < -0.4 is 10.1 Å². The maximum Gasteiger partial charge on any atom is 0.417 e. The summed E-state index contributed by atoms with van der Waals surface area (Å²) >= 11 is 1.25. The Morgan fingerprint density at radius 3 is 2.83 bits per heavy atom. The van der Waals surface area contributed by atoms with Crippen LogP contribution in [0.25, 0.3) is 0 Å². The first kappa shape index (κ1) is 16.6. The van der Waals surface area contributed by atoms with Gasteiger partial charge in [-0.05, 0) is 45.7 Å². The number of amides is 1. The number of nitrogens with zero attached hydrogens (tertiary/aromatic N) is 4. The summed E-state index contributed by atoms with van der Waals surface area (Å²) in [5.41, 5.74) is 1.57. The highest BCUT2D eigenvalue weighted by atomic mass is 32.1. The number of piperazine rings is 1. The van der Waals surface area contributed by atoms with Crippen molar-refractivity contribution >= 4 is 17.4 Å². The normalized spacial score (nSPS) is 24.1. The SMILES string of the molecule is CC(C)N1CCN(C(=O)Oc2nncs2)C(C2CCNCC2)C1. The van der Waals surface area contributed by atoms with Crippen LogP contribution in [0.4, 0.5) is 4.79 Å². The van der Waals surface area contributed by atoms with Crippen LogP contribution in [0.3, 0.4) is 0 Å². The molecule has 0 spiro atoms. The van der Waals surface area contributed by atoms with Crippen LogP contribution in [0.5, 0.6) is 5.19 Å². The predicted octanol–water partition coefficient (Wildman–Crippen LogP) is 1.43. The second-order valence-corrected chi connectivity index (χ2v) is 7.31. The van der Waals surface area contributed by atoms with Crippen LogP contribution >= 0.6 is 11.3 Å². The lowest BCUT2D eigenvalue weighted by Gasteiger charge is -2.46. The molecule has 8 heteroatoms. The van der Waals surface area contributed by atoms with Gasteiger partial charge >= 0.3 is 11.3 Å². The third-order valence-corrected chi connectivity index (χ3v) is 5.42. The summed E-state index contributed by atoms with van der Waals surface area (Å²) in [6.45, 7) is 9.02. The zero-order valence-corrected chi connectivity index (χ0v) is 14.6. The zero-order valence-electron chi connectivity index (χ0n) is 13.8. The van der Waals surface area contributed by atoms with E-state index in [0.717, 1.165) is 39.0 Å². The van der Waals surface area contributed by atoms with Crippen molar-refractivity contribution in [3.8, 4) is 5.19 Å². The van der Waals surface area contributed by atoms with Gasteiger partial charge in [-0.3, -0.25) is 4.90 Å². The van der Waals surface area contributed by atoms with Crippen molar-refractivity contribution in [1.82, 2.24) is 25.3 Å². The van der Waals surface area contributed by atoms with E-state index in [2.05, 4.69) is 34.3 Å². The van der Waals surface area contributed by atoms with E-state index in [-0.39, 0.29) is 12.1 Å². The summed E-state index contributed by atoms with van der Waals surface area (Å²) in [6.07, 6.45) is 1.94. The average Bonchev–Trinajstić information content (AvgIpc) is 3.08. The van der Waals surface area contributed by atoms with Crippen molar-refractivity contribution < 1.29 is 9.53 Å². The third-order valence-electron chi connectivity index (χ3n) is 4.86. The molecule has 1 unspecified atom stereocenters. The second-order valence-electron chi connectivity index (χ2n) is 6.51. The largest absolute Gasteiger partial charge is 0.417 e. The Hall–Kier alpha value is -1.25. The van der Waals surface area contributed by atoms with Gasteiger partial charge in [-0.2, -0.15) is 0 Å². The molecule has 1 aromatic heterocycles. The summed E-state index contributed by atoms with van der Waals surface area (Å²) in [6, 6.07) is 0.717. The monoisotopic (exact) mass is 339 g/mol. The molecule has 0 bridgehead atoms. The van der Waals surface area contributed by atoms with Crippen LogP contribution in [0.15, 0.2) is 5.51 Å². The smallest absolute Gasteiger partial charge is 0.380 e. The molecule has 1 N–H and O–H groups in total. The van der Waals surface area contributed by atoms with Gasteiger partial charge in [0.1, 0.15) is 5.51 Å². The number of rotatable bonds is 3. The fourth-order valence-corrected chi connectivity index (χ4v) is 3.90. The maximum atomic E-state index is 12.6. The topological polar surface area (TPSA) is 70.6 Å². The Morgan fingerprint density at radius 1 is 1.39 bits per heavy atom. The molecule has 1 atom stereocenters. The van der Waals surface area contributed by atoms with Crippen LogP contribution in [0, 0.1) is 5.92 Å². The number of ether oxygens (including phenoxy) is 1. The molecule has 7 nitrogen and oxygen atoms in total. The summed E-state index contributed by atoms with van der Waals surface area (Å²) in [7, 11) is 0. The number of aromatic nitrogens is 2. The molecule has 1 amide bonds. The molecular formula is C15H25N5O2S. The van der Waals surface area contributed by atoms with Crippen molar-refractivity contribution in [2.75, 3.05) is 32.7 Å².